The third kappa shape index (κ3) is 4.53. The van der Waals surface area contributed by atoms with E-state index in [1.165, 1.54) is 6.07 Å². The molecule has 4 aromatic rings. The number of nitrogens with zero attached hydrogens (tertiary/aromatic N) is 1. The van der Waals surface area contributed by atoms with Crippen molar-refractivity contribution in [3.63, 3.8) is 0 Å². The van der Waals surface area contributed by atoms with Gasteiger partial charge in [0.05, 0.1) is 38.1 Å². The molecule has 1 amide bonds. The zero-order chi connectivity index (χ0) is 23.0. The van der Waals surface area contributed by atoms with Gasteiger partial charge in [0.15, 0.2) is 0 Å². The van der Waals surface area contributed by atoms with Gasteiger partial charge in [-0.05, 0) is 48.5 Å². The van der Waals surface area contributed by atoms with Crippen molar-refractivity contribution in [3.8, 4) is 11.3 Å². The van der Waals surface area contributed by atoms with Gasteiger partial charge >= 0.3 is 6.18 Å². The molecule has 0 aliphatic heterocycles. The summed E-state index contributed by atoms with van der Waals surface area (Å²) in [5.41, 5.74) is 0.587. The highest BCUT2D eigenvalue weighted by molar-refractivity contribution is 6.36. The maximum absolute atomic E-state index is 13.1. The lowest BCUT2D eigenvalue weighted by molar-refractivity contribution is -0.137. The summed E-state index contributed by atoms with van der Waals surface area (Å²) in [6.45, 7) is 0. The van der Waals surface area contributed by atoms with Crippen LogP contribution in [0.15, 0.2) is 66.7 Å². The summed E-state index contributed by atoms with van der Waals surface area (Å²) < 4.78 is 39.3. The van der Waals surface area contributed by atoms with Gasteiger partial charge in [-0.1, -0.05) is 53.0 Å². The molecule has 0 saturated heterocycles. The van der Waals surface area contributed by atoms with Gasteiger partial charge in [0.1, 0.15) is 0 Å². The SMILES string of the molecule is O=C(Nc1cc(C(F)(F)F)ccc1Cl)c1cc(-c2ccc(Cl)cc2Cl)nc2ccccc12. The number of fused-ring (bicyclic) bond motifs is 1. The minimum atomic E-state index is -4.58. The molecule has 0 saturated carbocycles. The number of para-hydroxylation sites is 1. The molecule has 1 N–H and O–H groups in total. The molecule has 0 unspecified atom stereocenters. The highest BCUT2D eigenvalue weighted by Gasteiger charge is 2.31. The summed E-state index contributed by atoms with van der Waals surface area (Å²) in [5, 5.41) is 3.76. The quantitative estimate of drug-likeness (QED) is 0.312. The van der Waals surface area contributed by atoms with Gasteiger partial charge in [-0.2, -0.15) is 13.2 Å². The Hall–Kier alpha value is -2.80. The van der Waals surface area contributed by atoms with E-state index < -0.39 is 17.6 Å². The number of benzene rings is 3. The summed E-state index contributed by atoms with van der Waals surface area (Å²) >= 11 is 18.3. The molecule has 0 atom stereocenters. The summed E-state index contributed by atoms with van der Waals surface area (Å²) in [6, 6.07) is 16.0. The number of hydrogen-bond acceptors (Lipinski definition) is 2. The zero-order valence-electron chi connectivity index (χ0n) is 16.0. The van der Waals surface area contributed by atoms with Crippen molar-refractivity contribution in [1.82, 2.24) is 4.98 Å². The first-order chi connectivity index (χ1) is 15.1. The molecule has 32 heavy (non-hydrogen) atoms. The van der Waals surface area contributed by atoms with Crippen molar-refractivity contribution in [2.75, 3.05) is 5.32 Å². The molecule has 0 aliphatic rings. The number of carbonyl (C=O) groups is 1. The average molecular weight is 496 g/mol. The van der Waals surface area contributed by atoms with Crippen LogP contribution in [-0.2, 0) is 6.18 Å². The van der Waals surface area contributed by atoms with Crippen molar-refractivity contribution in [2.24, 2.45) is 0 Å². The summed E-state index contributed by atoms with van der Waals surface area (Å²) in [4.78, 5) is 17.7. The molecule has 9 heteroatoms. The standard InChI is InChI=1S/C23H12Cl3F3N2O/c24-13-6-7-15(18(26)10-13)20-11-16(14-3-1-2-4-19(14)30-20)22(32)31-21-9-12(23(27,28)29)5-8-17(21)25/h1-11H,(H,31,32). The predicted molar refractivity (Wildman–Crippen MR) is 122 cm³/mol. The van der Waals surface area contributed by atoms with Crippen molar-refractivity contribution in [2.45, 2.75) is 6.18 Å². The molecule has 3 aromatic carbocycles. The molecule has 0 fully saturated rings. The van der Waals surface area contributed by atoms with Crippen LogP contribution in [0.2, 0.25) is 15.1 Å². The second kappa shape index (κ2) is 8.62. The third-order valence-corrected chi connectivity index (χ3v) is 5.59. The van der Waals surface area contributed by atoms with Crippen LogP contribution in [0.25, 0.3) is 22.2 Å². The molecule has 0 bridgehead atoms. The smallest absolute Gasteiger partial charge is 0.321 e. The normalized spacial score (nSPS) is 11.6. The van der Waals surface area contributed by atoms with Crippen LogP contribution >= 0.6 is 34.8 Å². The summed E-state index contributed by atoms with van der Waals surface area (Å²) in [6.07, 6.45) is -4.58. The zero-order valence-corrected chi connectivity index (χ0v) is 18.2. The van der Waals surface area contributed by atoms with Gasteiger partial charge in [0, 0.05) is 16.0 Å². The number of alkyl halides is 3. The van der Waals surface area contributed by atoms with Crippen molar-refractivity contribution >= 4 is 57.3 Å². The van der Waals surface area contributed by atoms with Crippen LogP contribution in [0.5, 0.6) is 0 Å². The number of halogens is 6. The molecule has 162 valence electrons. The Morgan fingerprint density at radius 3 is 2.34 bits per heavy atom. The van der Waals surface area contributed by atoms with E-state index >= 15 is 0 Å². The molecule has 0 radical (unpaired) electrons. The number of amides is 1. The number of hydrogen-bond donors (Lipinski definition) is 1. The summed E-state index contributed by atoms with van der Waals surface area (Å²) in [5.74, 6) is -0.642. The molecular weight excluding hydrogens is 484 g/mol. The van der Waals surface area contributed by atoms with Crippen LogP contribution in [-0.4, -0.2) is 10.9 Å². The first-order valence-electron chi connectivity index (χ1n) is 9.17. The average Bonchev–Trinajstić information content (AvgIpc) is 2.73. The van der Waals surface area contributed by atoms with Gasteiger partial charge < -0.3 is 5.32 Å². The monoisotopic (exact) mass is 494 g/mol. The van der Waals surface area contributed by atoms with Gasteiger partial charge in [0.25, 0.3) is 5.91 Å². The van der Waals surface area contributed by atoms with E-state index in [1.807, 2.05) is 0 Å². The van der Waals surface area contributed by atoms with E-state index in [9.17, 15) is 18.0 Å². The molecule has 1 aromatic heterocycles. The number of anilines is 1. The third-order valence-electron chi connectivity index (χ3n) is 4.71. The Balaban J connectivity index is 1.81. The van der Waals surface area contributed by atoms with Gasteiger partial charge in [-0.3, -0.25) is 4.79 Å². The Kier molecular flexibility index (Phi) is 6.03. The molecule has 0 spiro atoms. The second-order valence-corrected chi connectivity index (χ2v) is 8.09. The van der Waals surface area contributed by atoms with E-state index in [0.29, 0.717) is 32.2 Å². The Bertz CT molecular complexity index is 1360. The fourth-order valence-corrected chi connectivity index (χ4v) is 3.86. The lowest BCUT2D eigenvalue weighted by Gasteiger charge is -2.14. The van der Waals surface area contributed by atoms with E-state index in [1.54, 1.807) is 42.5 Å². The fourth-order valence-electron chi connectivity index (χ4n) is 3.19. The number of nitrogens with one attached hydrogen (secondary N) is 1. The number of rotatable bonds is 3. The van der Waals surface area contributed by atoms with Crippen LogP contribution < -0.4 is 5.32 Å². The minimum Gasteiger partial charge on any atom is -0.321 e. The first-order valence-corrected chi connectivity index (χ1v) is 10.3. The largest absolute Gasteiger partial charge is 0.416 e. The molecule has 1 heterocycles. The van der Waals surface area contributed by atoms with Gasteiger partial charge in [0.2, 0.25) is 0 Å². The van der Waals surface area contributed by atoms with Crippen LogP contribution in [0.1, 0.15) is 15.9 Å². The second-order valence-electron chi connectivity index (χ2n) is 6.84. The predicted octanol–water partition coefficient (Wildman–Crippen LogP) is 8.13. The Labute approximate surface area is 195 Å². The van der Waals surface area contributed by atoms with Crippen LogP contribution in [0.3, 0.4) is 0 Å². The lowest BCUT2D eigenvalue weighted by atomic mass is 10.0. The molecular formula is C23H12Cl3F3N2O. The Morgan fingerprint density at radius 2 is 1.62 bits per heavy atom. The first kappa shape index (κ1) is 22.4. The van der Waals surface area contributed by atoms with Crippen LogP contribution in [0, 0.1) is 0 Å². The van der Waals surface area contributed by atoms with Crippen molar-refractivity contribution < 1.29 is 18.0 Å². The van der Waals surface area contributed by atoms with Crippen LogP contribution in [0.4, 0.5) is 18.9 Å². The van der Waals surface area contributed by atoms with Gasteiger partial charge in [-0.15, -0.1) is 0 Å². The number of pyridine rings is 1. The van der Waals surface area contributed by atoms with E-state index in [0.717, 1.165) is 18.2 Å². The number of aromatic nitrogens is 1. The number of carbonyl (C=O) groups excluding carboxylic acids is 1. The Morgan fingerprint density at radius 1 is 0.875 bits per heavy atom. The minimum absolute atomic E-state index is 0.0225. The van der Waals surface area contributed by atoms with E-state index in [4.69, 9.17) is 34.8 Å². The summed E-state index contributed by atoms with van der Waals surface area (Å²) in [7, 11) is 0. The van der Waals surface area contributed by atoms with E-state index in [-0.39, 0.29) is 16.3 Å². The van der Waals surface area contributed by atoms with E-state index in [2.05, 4.69) is 10.3 Å². The maximum Gasteiger partial charge on any atom is 0.416 e. The van der Waals surface area contributed by atoms with Gasteiger partial charge in [-0.25, -0.2) is 4.98 Å². The molecule has 0 aliphatic carbocycles. The highest BCUT2D eigenvalue weighted by Crippen LogP contribution is 2.35. The lowest BCUT2D eigenvalue weighted by Crippen LogP contribution is -2.14. The fraction of sp³-hybridized carbons (Fsp3) is 0.0435. The molecule has 4 rings (SSSR count). The van der Waals surface area contributed by atoms with Crippen molar-refractivity contribution in [1.29, 1.82) is 0 Å². The highest BCUT2D eigenvalue weighted by atomic mass is 35.5. The topological polar surface area (TPSA) is 42.0 Å². The maximum atomic E-state index is 13.1. The van der Waals surface area contributed by atoms with Crippen molar-refractivity contribution in [3.05, 3.63) is 92.9 Å². The molecule has 3 nitrogen and oxygen atoms in total.